The van der Waals surface area contributed by atoms with Crippen molar-refractivity contribution in [2.24, 2.45) is 5.73 Å². The van der Waals surface area contributed by atoms with E-state index in [1.54, 1.807) is 28.9 Å². The molecule has 35 heavy (non-hydrogen) atoms. The van der Waals surface area contributed by atoms with Gasteiger partial charge in [0.2, 0.25) is 0 Å². The van der Waals surface area contributed by atoms with Crippen LogP contribution in [0.5, 0.6) is 0 Å². The molecular formula is C23H24F3N5O4. The van der Waals surface area contributed by atoms with Crippen molar-refractivity contribution in [1.82, 2.24) is 20.0 Å². The molecule has 0 atom stereocenters. The average Bonchev–Trinajstić information content (AvgIpc) is 3.48. The van der Waals surface area contributed by atoms with E-state index in [4.69, 9.17) is 15.6 Å². The van der Waals surface area contributed by atoms with Gasteiger partial charge in [-0.2, -0.15) is 18.3 Å². The predicted octanol–water partition coefficient (Wildman–Crippen LogP) is 2.58. The van der Waals surface area contributed by atoms with E-state index in [2.05, 4.69) is 15.3 Å². The third-order valence-electron chi connectivity index (χ3n) is 5.35. The molecule has 1 fully saturated rings. The smallest absolute Gasteiger partial charge is 0.475 e. The van der Waals surface area contributed by atoms with Crippen LogP contribution in [0.2, 0.25) is 0 Å². The summed E-state index contributed by atoms with van der Waals surface area (Å²) in [7, 11) is 0. The van der Waals surface area contributed by atoms with Crippen LogP contribution in [0, 0.1) is 0 Å². The van der Waals surface area contributed by atoms with Gasteiger partial charge >= 0.3 is 12.1 Å². The minimum Gasteiger partial charge on any atom is -0.475 e. The second-order valence-electron chi connectivity index (χ2n) is 7.84. The Labute approximate surface area is 198 Å². The van der Waals surface area contributed by atoms with Gasteiger partial charge in [0.1, 0.15) is 5.52 Å². The van der Waals surface area contributed by atoms with Crippen LogP contribution in [0.3, 0.4) is 0 Å². The molecule has 1 aliphatic heterocycles. The van der Waals surface area contributed by atoms with Crippen molar-refractivity contribution < 1.29 is 32.7 Å². The van der Waals surface area contributed by atoms with Crippen molar-refractivity contribution in [2.45, 2.75) is 19.0 Å². The van der Waals surface area contributed by atoms with Gasteiger partial charge in [0, 0.05) is 30.2 Å². The number of nitrogens with zero attached hydrogens (tertiary/aromatic N) is 3. The van der Waals surface area contributed by atoms with Crippen LogP contribution in [-0.4, -0.2) is 69.9 Å². The summed E-state index contributed by atoms with van der Waals surface area (Å²) in [5, 5.41) is 15.4. The van der Waals surface area contributed by atoms with Gasteiger partial charge in [0.25, 0.3) is 11.8 Å². The fraction of sp³-hybridized carbons (Fsp3) is 0.304. The van der Waals surface area contributed by atoms with E-state index < -0.39 is 18.1 Å². The largest absolute Gasteiger partial charge is 0.490 e. The maximum atomic E-state index is 12.3. The minimum atomic E-state index is -5.08. The van der Waals surface area contributed by atoms with Crippen LogP contribution in [0.25, 0.3) is 16.6 Å². The topological polar surface area (TPSA) is 131 Å². The number of likely N-dealkylation sites (tertiary alicyclic amines) is 1. The molecule has 1 aromatic heterocycles. The summed E-state index contributed by atoms with van der Waals surface area (Å²) in [6, 6.07) is 12.6. The molecule has 4 rings (SSSR count). The Morgan fingerprint density at radius 1 is 1.06 bits per heavy atom. The number of carbonyl (C=O) groups is 3. The highest BCUT2D eigenvalue weighted by atomic mass is 19.4. The normalized spacial score (nSPS) is 13.8. The molecule has 1 saturated heterocycles. The zero-order valence-electron chi connectivity index (χ0n) is 18.6. The van der Waals surface area contributed by atoms with E-state index in [-0.39, 0.29) is 5.91 Å². The van der Waals surface area contributed by atoms with Crippen molar-refractivity contribution in [2.75, 3.05) is 26.2 Å². The Kier molecular flexibility index (Phi) is 8.07. The van der Waals surface area contributed by atoms with Gasteiger partial charge in [-0.15, -0.1) is 0 Å². The molecule has 2 amide bonds. The molecule has 0 saturated carbocycles. The first-order valence-corrected chi connectivity index (χ1v) is 10.8. The zero-order chi connectivity index (χ0) is 25.6. The van der Waals surface area contributed by atoms with Crippen LogP contribution in [0.4, 0.5) is 13.2 Å². The van der Waals surface area contributed by atoms with Crippen LogP contribution >= 0.6 is 0 Å². The van der Waals surface area contributed by atoms with Crippen LogP contribution in [0.15, 0.2) is 48.7 Å². The van der Waals surface area contributed by atoms with E-state index in [0.717, 1.165) is 30.7 Å². The predicted molar refractivity (Wildman–Crippen MR) is 121 cm³/mol. The number of alkyl halides is 3. The number of carboxylic acids is 1. The molecule has 2 aromatic carbocycles. The average molecular weight is 491 g/mol. The third kappa shape index (κ3) is 6.79. The van der Waals surface area contributed by atoms with Gasteiger partial charge in [-0.25, -0.2) is 9.48 Å². The van der Waals surface area contributed by atoms with Crippen LogP contribution in [0.1, 0.15) is 33.6 Å². The van der Waals surface area contributed by atoms with E-state index in [1.165, 1.54) is 12.8 Å². The Morgan fingerprint density at radius 3 is 2.26 bits per heavy atom. The number of amides is 2. The first kappa shape index (κ1) is 25.7. The highest BCUT2D eigenvalue weighted by molar-refractivity contribution is 6.04. The number of halogens is 3. The SMILES string of the molecule is NC(=O)c1cccc2cn(-c3ccc(C(=O)NCCN4CCCC4)cc3)nc12.O=C(O)C(F)(F)F. The molecule has 0 aliphatic carbocycles. The standard InChI is InChI=1S/C21H23N5O2.C2HF3O2/c22-20(27)18-5-3-4-16-14-26(24-19(16)18)17-8-6-15(7-9-17)21(28)23-10-13-25-11-1-2-12-25;3-2(4,5)1(6)7/h3-9,14H,1-2,10-13H2,(H2,22,27)(H,23,28);(H,6,7). The monoisotopic (exact) mass is 491 g/mol. The number of primary amides is 1. The second-order valence-corrected chi connectivity index (χ2v) is 7.84. The number of hydrogen-bond acceptors (Lipinski definition) is 5. The van der Waals surface area contributed by atoms with Crippen LogP contribution in [-0.2, 0) is 4.79 Å². The molecule has 1 aliphatic rings. The number of hydrogen-bond donors (Lipinski definition) is 3. The molecule has 12 heteroatoms. The summed E-state index contributed by atoms with van der Waals surface area (Å²) in [6.07, 6.45) is -0.746. The van der Waals surface area contributed by atoms with E-state index >= 15 is 0 Å². The van der Waals surface area contributed by atoms with Gasteiger partial charge in [-0.3, -0.25) is 9.59 Å². The molecule has 0 bridgehead atoms. The summed E-state index contributed by atoms with van der Waals surface area (Å²) in [5.74, 6) is -3.34. The molecule has 4 N–H and O–H groups in total. The number of rotatable bonds is 6. The highest BCUT2D eigenvalue weighted by Crippen LogP contribution is 2.19. The molecule has 0 radical (unpaired) electrons. The molecule has 0 unspecified atom stereocenters. The Bertz CT molecular complexity index is 1200. The van der Waals surface area contributed by atoms with E-state index in [9.17, 15) is 22.8 Å². The number of carboxylic acid groups (broad SMARTS) is 1. The van der Waals surface area contributed by atoms with Gasteiger partial charge < -0.3 is 21.1 Å². The summed E-state index contributed by atoms with van der Waals surface area (Å²) in [6.45, 7) is 3.80. The second kappa shape index (κ2) is 11.0. The zero-order valence-corrected chi connectivity index (χ0v) is 18.6. The Morgan fingerprint density at radius 2 is 1.69 bits per heavy atom. The van der Waals surface area contributed by atoms with Crippen molar-refractivity contribution in [3.8, 4) is 5.69 Å². The van der Waals surface area contributed by atoms with Gasteiger partial charge in [0.05, 0.1) is 11.3 Å². The number of fused-ring (bicyclic) bond motifs is 1. The third-order valence-corrected chi connectivity index (χ3v) is 5.35. The maximum absolute atomic E-state index is 12.3. The first-order chi connectivity index (χ1) is 16.6. The number of aromatic nitrogens is 2. The lowest BCUT2D eigenvalue weighted by atomic mass is 10.1. The molecule has 9 nitrogen and oxygen atoms in total. The highest BCUT2D eigenvalue weighted by Gasteiger charge is 2.38. The van der Waals surface area contributed by atoms with E-state index in [0.29, 0.717) is 23.2 Å². The quantitative estimate of drug-likeness (QED) is 0.486. The lowest BCUT2D eigenvalue weighted by Crippen LogP contribution is -2.33. The minimum absolute atomic E-state index is 0.0765. The number of benzene rings is 2. The van der Waals surface area contributed by atoms with Gasteiger partial charge in [-0.05, 0) is 56.3 Å². The Hall–Kier alpha value is -3.93. The first-order valence-electron chi connectivity index (χ1n) is 10.8. The van der Waals surface area contributed by atoms with Gasteiger partial charge in [0.15, 0.2) is 0 Å². The number of carbonyl (C=O) groups excluding carboxylic acids is 2. The van der Waals surface area contributed by atoms with Crippen molar-refractivity contribution in [3.63, 3.8) is 0 Å². The number of aliphatic carboxylic acids is 1. The molecular weight excluding hydrogens is 467 g/mol. The fourth-order valence-electron chi connectivity index (χ4n) is 3.58. The maximum Gasteiger partial charge on any atom is 0.490 e. The number of nitrogens with two attached hydrogens (primary N) is 1. The number of nitrogens with one attached hydrogen (secondary N) is 1. The summed E-state index contributed by atoms with van der Waals surface area (Å²) >= 11 is 0. The molecule has 3 aromatic rings. The lowest BCUT2D eigenvalue weighted by molar-refractivity contribution is -0.192. The summed E-state index contributed by atoms with van der Waals surface area (Å²) < 4.78 is 33.4. The van der Waals surface area contributed by atoms with Crippen molar-refractivity contribution in [3.05, 3.63) is 59.8 Å². The fourth-order valence-corrected chi connectivity index (χ4v) is 3.58. The molecule has 186 valence electrons. The molecule has 2 heterocycles. The van der Waals surface area contributed by atoms with Crippen LogP contribution < -0.4 is 11.1 Å². The van der Waals surface area contributed by atoms with Crippen molar-refractivity contribution >= 4 is 28.7 Å². The summed E-state index contributed by atoms with van der Waals surface area (Å²) in [5.41, 5.74) is 7.80. The van der Waals surface area contributed by atoms with Crippen molar-refractivity contribution in [1.29, 1.82) is 0 Å². The lowest BCUT2D eigenvalue weighted by Gasteiger charge is -2.14. The van der Waals surface area contributed by atoms with Gasteiger partial charge in [-0.1, -0.05) is 12.1 Å². The summed E-state index contributed by atoms with van der Waals surface area (Å²) in [4.78, 5) is 35.2. The Balaban J connectivity index is 0.000000429. The molecule has 0 spiro atoms. The van der Waals surface area contributed by atoms with E-state index in [1.807, 2.05) is 24.4 Å².